The minimum Gasteiger partial charge on any atom is -0.395 e. The second-order valence-electron chi connectivity index (χ2n) is 2.36. The Morgan fingerprint density at radius 1 is 1.60 bits per heavy atom. The van der Waals surface area contributed by atoms with Gasteiger partial charge in [0.15, 0.2) is 0 Å². The molecule has 0 aromatic rings. The van der Waals surface area contributed by atoms with Gasteiger partial charge in [-0.2, -0.15) is 11.8 Å². The summed E-state index contributed by atoms with van der Waals surface area (Å²) in [6.07, 6.45) is 3.29. The number of hydrogen-bond donors (Lipinski definition) is 2. The van der Waals surface area contributed by atoms with Crippen LogP contribution in [-0.2, 0) is 0 Å². The van der Waals surface area contributed by atoms with Crippen molar-refractivity contribution >= 4 is 11.8 Å². The van der Waals surface area contributed by atoms with Crippen LogP contribution >= 0.6 is 11.8 Å². The van der Waals surface area contributed by atoms with Gasteiger partial charge in [-0.05, 0) is 25.4 Å². The average Bonchev–Trinajstić information content (AvgIpc) is 1.97. The molecule has 0 amide bonds. The van der Waals surface area contributed by atoms with Crippen molar-refractivity contribution in [3.63, 3.8) is 0 Å². The van der Waals surface area contributed by atoms with E-state index in [9.17, 15) is 0 Å². The fourth-order valence-electron chi connectivity index (χ4n) is 0.708. The zero-order valence-corrected chi connectivity index (χ0v) is 7.58. The van der Waals surface area contributed by atoms with Gasteiger partial charge in [-0.25, -0.2) is 0 Å². The molecule has 0 aromatic carbocycles. The van der Waals surface area contributed by atoms with Gasteiger partial charge < -0.3 is 10.4 Å². The van der Waals surface area contributed by atoms with E-state index in [0.29, 0.717) is 6.04 Å². The van der Waals surface area contributed by atoms with E-state index >= 15 is 0 Å². The fourth-order valence-corrected chi connectivity index (χ4v) is 1.30. The van der Waals surface area contributed by atoms with Gasteiger partial charge in [0.05, 0.1) is 6.61 Å². The highest BCUT2D eigenvalue weighted by molar-refractivity contribution is 7.98. The maximum atomic E-state index is 8.47. The van der Waals surface area contributed by atoms with Crippen molar-refractivity contribution in [3.05, 3.63) is 0 Å². The third-order valence-electron chi connectivity index (χ3n) is 1.36. The van der Waals surface area contributed by atoms with Crippen molar-refractivity contribution in [2.24, 2.45) is 0 Å². The third kappa shape index (κ3) is 6.39. The van der Waals surface area contributed by atoms with Crippen LogP contribution in [0.1, 0.15) is 13.3 Å². The predicted octanol–water partition coefficient (Wildman–Crippen LogP) is 0.710. The Kier molecular flexibility index (Phi) is 7.58. The lowest BCUT2D eigenvalue weighted by molar-refractivity contribution is 0.285. The molecule has 0 saturated heterocycles. The van der Waals surface area contributed by atoms with E-state index in [1.54, 1.807) is 0 Å². The molecule has 0 heterocycles. The second kappa shape index (κ2) is 7.38. The van der Waals surface area contributed by atoms with Gasteiger partial charge in [-0.3, -0.25) is 0 Å². The van der Waals surface area contributed by atoms with Gasteiger partial charge in [0.25, 0.3) is 0 Å². The third-order valence-corrected chi connectivity index (χ3v) is 2.00. The molecule has 0 aromatic heterocycles. The minimum absolute atomic E-state index is 0.240. The molecule has 0 spiro atoms. The topological polar surface area (TPSA) is 32.3 Å². The van der Waals surface area contributed by atoms with Crippen LogP contribution in [0.2, 0.25) is 0 Å². The lowest BCUT2D eigenvalue weighted by Gasteiger charge is -2.10. The van der Waals surface area contributed by atoms with Gasteiger partial charge in [-0.1, -0.05) is 0 Å². The van der Waals surface area contributed by atoms with Crippen LogP contribution in [-0.4, -0.2) is 36.3 Å². The number of thioether (sulfide) groups is 1. The van der Waals surface area contributed by atoms with Crippen molar-refractivity contribution in [3.8, 4) is 0 Å². The Morgan fingerprint density at radius 2 is 2.30 bits per heavy atom. The summed E-state index contributed by atoms with van der Waals surface area (Å²) in [4.78, 5) is 0. The fraction of sp³-hybridized carbons (Fsp3) is 1.00. The zero-order chi connectivity index (χ0) is 7.82. The number of aliphatic hydroxyl groups excluding tert-OH is 1. The molecule has 1 unspecified atom stereocenters. The maximum Gasteiger partial charge on any atom is 0.0556 e. The first kappa shape index (κ1) is 10.3. The molecule has 62 valence electrons. The van der Waals surface area contributed by atoms with E-state index < -0.39 is 0 Å². The van der Waals surface area contributed by atoms with Crippen LogP contribution in [0.4, 0.5) is 0 Å². The first-order valence-corrected chi connectivity index (χ1v) is 5.03. The molecule has 0 aliphatic heterocycles. The van der Waals surface area contributed by atoms with E-state index in [0.717, 1.165) is 6.54 Å². The molecule has 2 nitrogen and oxygen atoms in total. The van der Waals surface area contributed by atoms with Crippen LogP contribution in [0.3, 0.4) is 0 Å². The summed E-state index contributed by atoms with van der Waals surface area (Å²) in [5, 5.41) is 11.7. The Labute approximate surface area is 67.4 Å². The largest absolute Gasteiger partial charge is 0.395 e. The Hall–Kier alpha value is 0.270. The molecule has 0 aliphatic rings. The summed E-state index contributed by atoms with van der Waals surface area (Å²) in [5.41, 5.74) is 0. The second-order valence-corrected chi connectivity index (χ2v) is 3.35. The molecular weight excluding hydrogens is 146 g/mol. The van der Waals surface area contributed by atoms with E-state index in [1.165, 1.54) is 12.2 Å². The summed E-state index contributed by atoms with van der Waals surface area (Å²) in [6, 6.07) is 0.541. The SMILES string of the molecule is CSCCC(C)NCCO. The van der Waals surface area contributed by atoms with Crippen LogP contribution in [0.15, 0.2) is 0 Å². The number of rotatable bonds is 6. The lowest BCUT2D eigenvalue weighted by Crippen LogP contribution is -2.29. The highest BCUT2D eigenvalue weighted by atomic mass is 32.2. The van der Waals surface area contributed by atoms with E-state index in [1.807, 2.05) is 11.8 Å². The van der Waals surface area contributed by atoms with Crippen LogP contribution < -0.4 is 5.32 Å². The van der Waals surface area contributed by atoms with Crippen molar-refractivity contribution < 1.29 is 5.11 Å². The average molecular weight is 163 g/mol. The van der Waals surface area contributed by atoms with Crippen LogP contribution in [0.25, 0.3) is 0 Å². The molecule has 0 bridgehead atoms. The first-order chi connectivity index (χ1) is 4.81. The molecular formula is C7H17NOS. The molecule has 2 N–H and O–H groups in total. The molecule has 0 aliphatic carbocycles. The summed E-state index contributed by atoms with van der Waals surface area (Å²) < 4.78 is 0. The van der Waals surface area contributed by atoms with Crippen molar-refractivity contribution in [1.29, 1.82) is 0 Å². The predicted molar refractivity (Wildman–Crippen MR) is 47.5 cm³/mol. The molecule has 10 heavy (non-hydrogen) atoms. The first-order valence-electron chi connectivity index (χ1n) is 3.64. The zero-order valence-electron chi connectivity index (χ0n) is 6.76. The van der Waals surface area contributed by atoms with Gasteiger partial charge in [-0.15, -0.1) is 0 Å². The Bertz CT molecular complexity index is 62.6. The van der Waals surface area contributed by atoms with Gasteiger partial charge in [0, 0.05) is 12.6 Å². The van der Waals surface area contributed by atoms with E-state index in [2.05, 4.69) is 18.5 Å². The summed E-state index contributed by atoms with van der Waals surface area (Å²) in [6.45, 7) is 3.10. The standard InChI is InChI=1S/C7H17NOS/c1-7(3-6-10-2)8-4-5-9/h7-9H,3-6H2,1-2H3. The number of hydrogen-bond acceptors (Lipinski definition) is 3. The molecule has 3 heteroatoms. The smallest absolute Gasteiger partial charge is 0.0556 e. The van der Waals surface area contributed by atoms with E-state index in [4.69, 9.17) is 5.11 Å². The number of nitrogens with one attached hydrogen (secondary N) is 1. The minimum atomic E-state index is 0.240. The molecule has 0 fully saturated rings. The lowest BCUT2D eigenvalue weighted by atomic mass is 10.2. The van der Waals surface area contributed by atoms with Crippen LogP contribution in [0.5, 0.6) is 0 Å². The summed E-state index contributed by atoms with van der Waals surface area (Å²) in [7, 11) is 0. The Balaban J connectivity index is 3.00. The monoisotopic (exact) mass is 163 g/mol. The summed E-state index contributed by atoms with van der Waals surface area (Å²) in [5.74, 6) is 1.19. The molecule has 0 saturated carbocycles. The molecule has 0 radical (unpaired) electrons. The highest BCUT2D eigenvalue weighted by Crippen LogP contribution is 1.98. The molecule has 1 atom stereocenters. The maximum absolute atomic E-state index is 8.47. The number of aliphatic hydroxyl groups is 1. The Morgan fingerprint density at radius 3 is 2.80 bits per heavy atom. The van der Waals surface area contributed by atoms with Crippen LogP contribution in [0, 0.1) is 0 Å². The normalized spacial score (nSPS) is 13.5. The highest BCUT2D eigenvalue weighted by Gasteiger charge is 1.97. The summed E-state index contributed by atoms with van der Waals surface area (Å²) >= 11 is 1.86. The van der Waals surface area contributed by atoms with Crippen molar-refractivity contribution in [1.82, 2.24) is 5.32 Å². The van der Waals surface area contributed by atoms with E-state index in [-0.39, 0.29) is 6.61 Å². The van der Waals surface area contributed by atoms with Gasteiger partial charge in [0.1, 0.15) is 0 Å². The molecule has 0 rings (SSSR count). The van der Waals surface area contributed by atoms with Gasteiger partial charge in [0.2, 0.25) is 0 Å². The van der Waals surface area contributed by atoms with Crippen molar-refractivity contribution in [2.45, 2.75) is 19.4 Å². The quantitative estimate of drug-likeness (QED) is 0.605. The van der Waals surface area contributed by atoms with Crippen molar-refractivity contribution in [2.75, 3.05) is 25.2 Å². The van der Waals surface area contributed by atoms with Gasteiger partial charge >= 0.3 is 0 Å².